The van der Waals surface area contributed by atoms with Gasteiger partial charge in [0.05, 0.1) is 0 Å². The van der Waals surface area contributed by atoms with Gasteiger partial charge in [0.25, 0.3) is 0 Å². The highest BCUT2D eigenvalue weighted by atomic mass is 31.2. The molecule has 0 aromatic rings. The summed E-state index contributed by atoms with van der Waals surface area (Å²) in [4.78, 5) is 24.2. The van der Waals surface area contributed by atoms with Crippen molar-refractivity contribution in [1.82, 2.24) is 4.90 Å². The van der Waals surface area contributed by atoms with Gasteiger partial charge in [-0.05, 0) is 27.7 Å². The number of ether oxygens (including phenoxy) is 1. The Balaban J connectivity index is 5.49. The second-order valence-electron chi connectivity index (χ2n) is 4.88. The van der Waals surface area contributed by atoms with Crippen LogP contribution in [0.2, 0.25) is 0 Å². The zero-order chi connectivity index (χ0) is 16.1. The molecular formula is C11H22NO7P. The van der Waals surface area contributed by atoms with E-state index in [4.69, 9.17) is 4.74 Å². The van der Waals surface area contributed by atoms with E-state index in [0.29, 0.717) is 0 Å². The lowest BCUT2D eigenvalue weighted by Gasteiger charge is -2.32. The largest absolute Gasteiger partial charge is 0.479 e. The van der Waals surface area contributed by atoms with E-state index in [1.54, 1.807) is 20.8 Å². The summed E-state index contributed by atoms with van der Waals surface area (Å²) in [6.07, 6.45) is -0.901. The molecule has 0 spiro atoms. The number of likely N-dealkylation sites (N-methyl/N-ethyl adjacent to an activating group) is 1. The fourth-order valence-electron chi connectivity index (χ4n) is 1.44. The quantitative estimate of drug-likeness (QED) is 0.749. The van der Waals surface area contributed by atoms with Crippen molar-refractivity contribution in [3.8, 4) is 0 Å². The molecule has 0 aliphatic rings. The fourth-order valence-corrected chi connectivity index (χ4v) is 2.85. The van der Waals surface area contributed by atoms with Crippen LogP contribution in [0.15, 0.2) is 0 Å². The SMILES string of the molecule is CCN(C(=O)OC(C)(C)C)C(C(=O)O)P(=O)(OC)OC. The van der Waals surface area contributed by atoms with Crippen molar-refractivity contribution >= 4 is 19.7 Å². The third-order valence-electron chi connectivity index (χ3n) is 2.29. The number of carboxylic acids is 1. The van der Waals surface area contributed by atoms with Crippen molar-refractivity contribution in [2.24, 2.45) is 0 Å². The molecule has 0 fully saturated rings. The summed E-state index contributed by atoms with van der Waals surface area (Å²) < 4.78 is 26.7. The molecule has 0 saturated carbocycles. The van der Waals surface area contributed by atoms with Gasteiger partial charge in [0, 0.05) is 20.8 Å². The molecule has 0 aliphatic carbocycles. The molecule has 0 rings (SSSR count). The Bertz CT molecular complexity index is 396. The number of carboxylic acid groups (broad SMARTS) is 1. The van der Waals surface area contributed by atoms with Gasteiger partial charge in [-0.3, -0.25) is 9.46 Å². The Morgan fingerprint density at radius 1 is 1.25 bits per heavy atom. The van der Waals surface area contributed by atoms with Gasteiger partial charge in [0.15, 0.2) is 0 Å². The van der Waals surface area contributed by atoms with Crippen LogP contribution in [0.1, 0.15) is 27.7 Å². The summed E-state index contributed by atoms with van der Waals surface area (Å²) >= 11 is 0. The van der Waals surface area contributed by atoms with Crippen LogP contribution in [-0.4, -0.2) is 54.2 Å². The Labute approximate surface area is 118 Å². The maximum Gasteiger partial charge on any atom is 0.411 e. The molecule has 1 N–H and O–H groups in total. The van der Waals surface area contributed by atoms with Gasteiger partial charge in [-0.1, -0.05) is 0 Å². The number of nitrogens with zero attached hydrogens (tertiary/aromatic N) is 1. The molecule has 20 heavy (non-hydrogen) atoms. The Morgan fingerprint density at radius 2 is 1.70 bits per heavy atom. The normalized spacial score (nSPS) is 13.7. The lowest BCUT2D eigenvalue weighted by Crippen LogP contribution is -2.47. The molecule has 1 amide bonds. The van der Waals surface area contributed by atoms with Crippen LogP contribution in [0.4, 0.5) is 4.79 Å². The van der Waals surface area contributed by atoms with Gasteiger partial charge in [-0.15, -0.1) is 0 Å². The van der Waals surface area contributed by atoms with E-state index >= 15 is 0 Å². The number of rotatable bonds is 6. The number of amides is 1. The number of carbonyl (C=O) groups is 2. The first-order chi connectivity index (χ1) is 9.02. The molecule has 1 unspecified atom stereocenters. The van der Waals surface area contributed by atoms with E-state index in [9.17, 15) is 19.3 Å². The Hall–Kier alpha value is -1.11. The molecule has 0 aromatic carbocycles. The lowest BCUT2D eigenvalue weighted by atomic mass is 10.2. The highest BCUT2D eigenvalue weighted by Crippen LogP contribution is 2.53. The van der Waals surface area contributed by atoms with Crippen LogP contribution < -0.4 is 0 Å². The van der Waals surface area contributed by atoms with Crippen molar-refractivity contribution in [2.75, 3.05) is 20.8 Å². The van der Waals surface area contributed by atoms with Crippen LogP contribution in [0.3, 0.4) is 0 Å². The topological polar surface area (TPSA) is 102 Å². The van der Waals surface area contributed by atoms with Gasteiger partial charge in [0.1, 0.15) is 5.60 Å². The molecule has 0 aromatic heterocycles. The predicted molar refractivity (Wildman–Crippen MR) is 71.7 cm³/mol. The fraction of sp³-hybridized carbons (Fsp3) is 0.818. The average Bonchev–Trinajstić information content (AvgIpc) is 2.32. The lowest BCUT2D eigenvalue weighted by molar-refractivity contribution is -0.140. The summed E-state index contributed by atoms with van der Waals surface area (Å²) in [6.45, 7) is 6.43. The minimum atomic E-state index is -4.01. The minimum absolute atomic E-state index is 0.0252. The molecular weight excluding hydrogens is 289 g/mol. The van der Waals surface area contributed by atoms with Gasteiger partial charge in [0.2, 0.25) is 5.78 Å². The smallest absolute Gasteiger partial charge is 0.411 e. The molecule has 1 atom stereocenters. The van der Waals surface area contributed by atoms with E-state index in [0.717, 1.165) is 19.1 Å². The number of hydrogen-bond acceptors (Lipinski definition) is 6. The number of carbonyl (C=O) groups excluding carboxylic acids is 1. The maximum absolute atomic E-state index is 12.3. The summed E-state index contributed by atoms with van der Waals surface area (Å²) in [7, 11) is -1.90. The third kappa shape index (κ3) is 4.77. The highest BCUT2D eigenvalue weighted by Gasteiger charge is 2.47. The summed E-state index contributed by atoms with van der Waals surface area (Å²) in [6, 6.07) is 0. The zero-order valence-electron chi connectivity index (χ0n) is 12.6. The summed E-state index contributed by atoms with van der Waals surface area (Å²) in [5, 5.41) is 9.24. The minimum Gasteiger partial charge on any atom is -0.479 e. The van der Waals surface area contributed by atoms with Crippen molar-refractivity contribution < 1.29 is 33.0 Å². The predicted octanol–water partition coefficient (Wildman–Crippen LogP) is 2.14. The van der Waals surface area contributed by atoms with Gasteiger partial charge in [-0.2, -0.15) is 0 Å². The van der Waals surface area contributed by atoms with Crippen LogP contribution >= 0.6 is 7.60 Å². The molecule has 0 aliphatic heterocycles. The van der Waals surface area contributed by atoms with Gasteiger partial charge >= 0.3 is 19.7 Å². The molecule has 0 saturated heterocycles. The monoisotopic (exact) mass is 311 g/mol. The molecule has 118 valence electrons. The van der Waals surface area contributed by atoms with Crippen molar-refractivity contribution in [2.45, 2.75) is 39.1 Å². The van der Waals surface area contributed by atoms with E-state index in [2.05, 4.69) is 9.05 Å². The first kappa shape index (κ1) is 18.9. The maximum atomic E-state index is 12.3. The van der Waals surface area contributed by atoms with E-state index in [-0.39, 0.29) is 6.54 Å². The first-order valence-corrected chi connectivity index (χ1v) is 7.57. The van der Waals surface area contributed by atoms with Gasteiger partial charge in [-0.25, -0.2) is 9.59 Å². The zero-order valence-corrected chi connectivity index (χ0v) is 13.5. The molecule has 0 heterocycles. The van der Waals surface area contributed by atoms with E-state index in [1.165, 1.54) is 6.92 Å². The molecule has 0 radical (unpaired) electrons. The van der Waals surface area contributed by atoms with Crippen LogP contribution in [-0.2, 0) is 23.1 Å². The Morgan fingerprint density at radius 3 is 1.95 bits per heavy atom. The molecule has 0 bridgehead atoms. The van der Waals surface area contributed by atoms with Gasteiger partial charge < -0.3 is 18.9 Å². The van der Waals surface area contributed by atoms with E-state index in [1.807, 2.05) is 0 Å². The van der Waals surface area contributed by atoms with Crippen LogP contribution in [0.25, 0.3) is 0 Å². The van der Waals surface area contributed by atoms with Crippen molar-refractivity contribution in [3.63, 3.8) is 0 Å². The van der Waals surface area contributed by atoms with Crippen LogP contribution in [0, 0.1) is 0 Å². The highest BCUT2D eigenvalue weighted by molar-refractivity contribution is 7.55. The summed E-state index contributed by atoms with van der Waals surface area (Å²) in [5.41, 5.74) is -0.808. The van der Waals surface area contributed by atoms with Crippen molar-refractivity contribution in [1.29, 1.82) is 0 Å². The summed E-state index contributed by atoms with van der Waals surface area (Å²) in [5.74, 6) is -3.26. The van der Waals surface area contributed by atoms with Crippen LogP contribution in [0.5, 0.6) is 0 Å². The molecule has 8 nitrogen and oxygen atoms in total. The first-order valence-electron chi connectivity index (χ1n) is 5.96. The standard InChI is InChI=1S/C11H22NO7P/c1-7-12(10(15)19-11(2,3)4)8(9(13)14)20(16,17-5)18-6/h8H,7H2,1-6H3,(H,13,14). The third-order valence-corrected chi connectivity index (χ3v) is 4.41. The second kappa shape index (κ2) is 7.06. The Kier molecular flexibility index (Phi) is 6.67. The average molecular weight is 311 g/mol. The van der Waals surface area contributed by atoms with Crippen molar-refractivity contribution in [3.05, 3.63) is 0 Å². The number of hydrogen-bond donors (Lipinski definition) is 1. The molecule has 9 heteroatoms. The second-order valence-corrected chi connectivity index (χ2v) is 7.18. The van der Waals surface area contributed by atoms with E-state index < -0.39 is 31.0 Å². The number of aliphatic carboxylic acids is 1.